The van der Waals surface area contributed by atoms with Gasteiger partial charge >= 0.3 is 0 Å². The van der Waals surface area contributed by atoms with Crippen molar-refractivity contribution in [2.24, 2.45) is 5.84 Å². The zero-order chi connectivity index (χ0) is 14.8. The van der Waals surface area contributed by atoms with Gasteiger partial charge in [-0.05, 0) is 37.8 Å². The summed E-state index contributed by atoms with van der Waals surface area (Å²) in [6.07, 6.45) is 5.40. The molecule has 3 heterocycles. The Morgan fingerprint density at radius 3 is 2.95 bits per heavy atom. The summed E-state index contributed by atoms with van der Waals surface area (Å²) in [5, 5.41) is 3.09. The number of rotatable bonds is 5. The van der Waals surface area contributed by atoms with Crippen molar-refractivity contribution in [2.75, 3.05) is 5.43 Å². The number of anilines is 1. The van der Waals surface area contributed by atoms with Crippen molar-refractivity contribution >= 4 is 11.7 Å². The summed E-state index contributed by atoms with van der Waals surface area (Å²) in [7, 11) is 0. The largest absolute Gasteiger partial charge is 0.373 e. The average molecular weight is 290 g/mol. The van der Waals surface area contributed by atoms with Crippen LogP contribution >= 0.6 is 0 Å². The molecule has 0 saturated carbocycles. The number of pyridine rings is 1. The number of hydrogen-bond acceptors (Lipinski definition) is 5. The van der Waals surface area contributed by atoms with Gasteiger partial charge in [-0.25, -0.2) is 10.8 Å². The van der Waals surface area contributed by atoms with Gasteiger partial charge in [0, 0.05) is 11.3 Å². The lowest BCUT2D eigenvalue weighted by molar-refractivity contribution is 0.0841. The number of amides is 1. The molecule has 0 radical (unpaired) electrons. The minimum atomic E-state index is -0.0765. The van der Waals surface area contributed by atoms with Crippen LogP contribution in [0.4, 0.5) is 5.82 Å². The predicted octanol–water partition coefficient (Wildman–Crippen LogP) is 1.37. The van der Waals surface area contributed by atoms with Crippen LogP contribution in [0.5, 0.6) is 0 Å². The third-order valence-corrected chi connectivity index (χ3v) is 4.22. The number of nitrogens with two attached hydrogens (primary N) is 1. The molecule has 2 fully saturated rings. The summed E-state index contributed by atoms with van der Waals surface area (Å²) in [4.78, 5) is 16.8. The molecule has 21 heavy (non-hydrogen) atoms. The van der Waals surface area contributed by atoms with E-state index in [9.17, 15) is 4.79 Å². The molecule has 3 rings (SSSR count). The molecular weight excluding hydrogens is 268 g/mol. The van der Waals surface area contributed by atoms with E-state index in [0.717, 1.165) is 37.8 Å². The summed E-state index contributed by atoms with van der Waals surface area (Å²) in [5.41, 5.74) is 4.00. The van der Waals surface area contributed by atoms with E-state index >= 15 is 0 Å². The summed E-state index contributed by atoms with van der Waals surface area (Å²) in [5.74, 6) is 5.88. The zero-order valence-electron chi connectivity index (χ0n) is 12.3. The van der Waals surface area contributed by atoms with Gasteiger partial charge in [0.1, 0.15) is 5.82 Å². The first-order valence-electron chi connectivity index (χ1n) is 7.63. The molecule has 1 aromatic rings. The molecule has 0 aromatic carbocycles. The minimum absolute atomic E-state index is 0.0765. The molecule has 2 aliphatic heterocycles. The second-order valence-corrected chi connectivity index (χ2v) is 5.82. The molecule has 4 N–H and O–H groups in total. The van der Waals surface area contributed by atoms with E-state index in [0.29, 0.717) is 17.5 Å². The van der Waals surface area contributed by atoms with Gasteiger partial charge < -0.3 is 15.5 Å². The molecule has 0 aliphatic carbocycles. The maximum absolute atomic E-state index is 12.4. The van der Waals surface area contributed by atoms with E-state index in [1.165, 1.54) is 0 Å². The summed E-state index contributed by atoms with van der Waals surface area (Å²) >= 11 is 0. The van der Waals surface area contributed by atoms with Gasteiger partial charge in [-0.3, -0.25) is 4.79 Å². The Kier molecular flexibility index (Phi) is 4.07. The molecule has 3 unspecified atom stereocenters. The monoisotopic (exact) mass is 290 g/mol. The first-order chi connectivity index (χ1) is 10.2. The first-order valence-corrected chi connectivity index (χ1v) is 7.63. The number of carbonyl (C=O) groups is 1. The molecule has 3 atom stereocenters. The van der Waals surface area contributed by atoms with Crippen LogP contribution in [-0.2, 0) is 11.2 Å². The first kappa shape index (κ1) is 14.3. The third kappa shape index (κ3) is 3.01. The van der Waals surface area contributed by atoms with E-state index < -0.39 is 0 Å². The Balaban J connectivity index is 1.72. The molecule has 1 aromatic heterocycles. The van der Waals surface area contributed by atoms with Crippen molar-refractivity contribution in [1.29, 1.82) is 0 Å². The van der Waals surface area contributed by atoms with Crippen molar-refractivity contribution in [3.05, 3.63) is 23.4 Å². The maximum Gasteiger partial charge on any atom is 0.251 e. The molecule has 114 valence electrons. The third-order valence-electron chi connectivity index (χ3n) is 4.22. The smallest absolute Gasteiger partial charge is 0.251 e. The maximum atomic E-state index is 12.4. The van der Waals surface area contributed by atoms with Crippen molar-refractivity contribution in [3.63, 3.8) is 0 Å². The van der Waals surface area contributed by atoms with Crippen molar-refractivity contribution in [1.82, 2.24) is 10.3 Å². The normalized spacial score (nSPS) is 26.9. The fourth-order valence-electron chi connectivity index (χ4n) is 3.22. The van der Waals surface area contributed by atoms with Crippen molar-refractivity contribution < 1.29 is 9.53 Å². The van der Waals surface area contributed by atoms with E-state index in [4.69, 9.17) is 10.6 Å². The highest BCUT2D eigenvalue weighted by molar-refractivity contribution is 5.95. The standard InChI is InChI=1S/C15H22N4O2/c1-2-3-10-6-9(7-14(17-10)19-16)15(20)18-12-8-11-4-5-13(12)21-11/h6-7,11-13H,2-5,8,16H2,1H3,(H,17,19)(H,18,20). The van der Waals surface area contributed by atoms with Crippen LogP contribution in [0.2, 0.25) is 0 Å². The van der Waals surface area contributed by atoms with Gasteiger partial charge in [-0.15, -0.1) is 0 Å². The quantitative estimate of drug-likeness (QED) is 0.563. The van der Waals surface area contributed by atoms with Crippen LogP contribution in [0.3, 0.4) is 0 Å². The van der Waals surface area contributed by atoms with Crippen LogP contribution in [0.25, 0.3) is 0 Å². The number of hydrogen-bond donors (Lipinski definition) is 3. The number of nitrogen functional groups attached to an aromatic ring is 1. The number of aromatic nitrogens is 1. The highest BCUT2D eigenvalue weighted by Crippen LogP contribution is 2.34. The molecule has 6 heteroatoms. The fourth-order valence-corrected chi connectivity index (χ4v) is 3.22. The highest BCUT2D eigenvalue weighted by Gasteiger charge is 2.41. The molecule has 1 amide bonds. The van der Waals surface area contributed by atoms with Crippen LogP contribution in [-0.4, -0.2) is 29.1 Å². The Hall–Kier alpha value is -1.66. The molecule has 2 aliphatic rings. The highest BCUT2D eigenvalue weighted by atomic mass is 16.5. The van der Waals surface area contributed by atoms with Gasteiger partial charge in [0.2, 0.25) is 0 Å². The van der Waals surface area contributed by atoms with E-state index in [1.807, 2.05) is 6.07 Å². The van der Waals surface area contributed by atoms with Crippen LogP contribution in [0, 0.1) is 0 Å². The second-order valence-electron chi connectivity index (χ2n) is 5.82. The van der Waals surface area contributed by atoms with Gasteiger partial charge in [-0.1, -0.05) is 13.3 Å². The van der Waals surface area contributed by atoms with Crippen LogP contribution in [0.15, 0.2) is 12.1 Å². The molecule has 6 nitrogen and oxygen atoms in total. The molecule has 2 bridgehead atoms. The summed E-state index contributed by atoms with van der Waals surface area (Å²) in [6, 6.07) is 3.66. The van der Waals surface area contributed by atoms with E-state index in [2.05, 4.69) is 22.7 Å². The lowest BCUT2D eigenvalue weighted by atomic mass is 9.95. The number of aryl methyl sites for hydroxylation is 1. The SMILES string of the molecule is CCCc1cc(C(=O)NC2CC3CCC2O3)cc(NN)n1. The molecular formula is C15H22N4O2. The van der Waals surface area contributed by atoms with Gasteiger partial charge in [0.25, 0.3) is 5.91 Å². The zero-order valence-corrected chi connectivity index (χ0v) is 12.3. The van der Waals surface area contributed by atoms with E-state index in [1.54, 1.807) is 6.07 Å². The number of ether oxygens (including phenoxy) is 1. The Morgan fingerprint density at radius 2 is 2.33 bits per heavy atom. The number of nitrogens with one attached hydrogen (secondary N) is 2. The number of hydrazine groups is 1. The van der Waals surface area contributed by atoms with Crippen molar-refractivity contribution in [3.8, 4) is 0 Å². The Morgan fingerprint density at radius 1 is 1.48 bits per heavy atom. The van der Waals surface area contributed by atoms with Gasteiger partial charge in [0.15, 0.2) is 0 Å². The molecule has 0 spiro atoms. The topological polar surface area (TPSA) is 89.3 Å². The second kappa shape index (κ2) is 5.99. The lowest BCUT2D eigenvalue weighted by Gasteiger charge is -2.20. The lowest BCUT2D eigenvalue weighted by Crippen LogP contribution is -2.41. The van der Waals surface area contributed by atoms with E-state index in [-0.39, 0.29) is 18.1 Å². The number of fused-ring (bicyclic) bond motifs is 2. The van der Waals surface area contributed by atoms with Gasteiger partial charge in [0.05, 0.1) is 18.2 Å². The summed E-state index contributed by atoms with van der Waals surface area (Å²) < 4.78 is 5.77. The van der Waals surface area contributed by atoms with Crippen LogP contribution in [0.1, 0.15) is 48.7 Å². The van der Waals surface area contributed by atoms with Crippen LogP contribution < -0.4 is 16.6 Å². The van der Waals surface area contributed by atoms with Crippen molar-refractivity contribution in [2.45, 2.75) is 57.3 Å². The van der Waals surface area contributed by atoms with Gasteiger partial charge in [-0.2, -0.15) is 0 Å². The molecule has 2 saturated heterocycles. The Labute approximate surface area is 124 Å². The average Bonchev–Trinajstić information content (AvgIpc) is 3.09. The Bertz CT molecular complexity index is 534. The fraction of sp³-hybridized carbons (Fsp3) is 0.600. The number of carbonyl (C=O) groups excluding carboxylic acids is 1. The number of nitrogens with zero attached hydrogens (tertiary/aromatic N) is 1. The minimum Gasteiger partial charge on any atom is -0.373 e. The summed E-state index contributed by atoms with van der Waals surface area (Å²) in [6.45, 7) is 2.08. The predicted molar refractivity (Wildman–Crippen MR) is 79.8 cm³/mol.